The summed E-state index contributed by atoms with van der Waals surface area (Å²) in [4.78, 5) is 4.38. The van der Waals surface area contributed by atoms with Crippen LogP contribution in [0.5, 0.6) is 11.5 Å². The number of hydrogen-bond donors (Lipinski definition) is 1. The lowest BCUT2D eigenvalue weighted by atomic mass is 10.2. The Morgan fingerprint density at radius 3 is 3.00 bits per heavy atom. The number of aromatic nitrogens is 2. The van der Waals surface area contributed by atoms with Gasteiger partial charge in [-0.3, -0.25) is 0 Å². The lowest BCUT2D eigenvalue weighted by Crippen LogP contribution is -2.01. The molecule has 2 heterocycles. The molecule has 3 rings (SSSR count). The third-order valence-electron chi connectivity index (χ3n) is 3.09. The van der Waals surface area contributed by atoms with Crippen LogP contribution in [0.15, 0.2) is 12.1 Å². The first-order chi connectivity index (χ1) is 10.3. The molecule has 0 saturated carbocycles. The molecule has 0 bridgehead atoms. The van der Waals surface area contributed by atoms with Crippen LogP contribution < -0.4 is 14.8 Å². The first-order valence-electron chi connectivity index (χ1n) is 6.90. The van der Waals surface area contributed by atoms with E-state index in [1.807, 2.05) is 19.1 Å². The van der Waals surface area contributed by atoms with Gasteiger partial charge in [-0.15, -0.1) is 0 Å². The number of halogens is 1. The number of benzene rings is 1. The molecule has 0 aliphatic carbocycles. The predicted octanol–water partition coefficient (Wildman–Crippen LogP) is 3.53. The van der Waals surface area contributed by atoms with Crippen molar-refractivity contribution in [2.75, 3.05) is 18.5 Å². The van der Waals surface area contributed by atoms with Gasteiger partial charge in [0.15, 0.2) is 11.5 Å². The van der Waals surface area contributed by atoms with Crippen molar-refractivity contribution in [3.63, 3.8) is 0 Å². The minimum absolute atomic E-state index is 0.581. The summed E-state index contributed by atoms with van der Waals surface area (Å²) in [5.74, 6) is 2.21. The van der Waals surface area contributed by atoms with Gasteiger partial charge in [-0.05, 0) is 17.7 Å². The van der Waals surface area contributed by atoms with Crippen molar-refractivity contribution in [3.05, 3.63) is 28.5 Å². The van der Waals surface area contributed by atoms with Crippen LogP contribution >= 0.6 is 23.1 Å². The third-order valence-corrected chi connectivity index (χ3v) is 4.08. The van der Waals surface area contributed by atoms with Crippen LogP contribution in [-0.4, -0.2) is 22.6 Å². The van der Waals surface area contributed by atoms with E-state index in [1.54, 1.807) is 0 Å². The zero-order valence-corrected chi connectivity index (χ0v) is 13.3. The van der Waals surface area contributed by atoms with E-state index in [9.17, 15) is 0 Å². The molecular formula is C14H16ClN3O2S. The molecule has 5 nitrogen and oxygen atoms in total. The summed E-state index contributed by atoms with van der Waals surface area (Å²) in [6.45, 7) is 3.94. The van der Waals surface area contributed by atoms with Gasteiger partial charge in [0, 0.05) is 30.9 Å². The van der Waals surface area contributed by atoms with Gasteiger partial charge in [0.25, 0.3) is 0 Å². The van der Waals surface area contributed by atoms with E-state index < -0.39 is 0 Å². The summed E-state index contributed by atoms with van der Waals surface area (Å²) in [7, 11) is 0. The molecule has 2 aromatic rings. The second kappa shape index (κ2) is 6.49. The number of anilines is 1. The van der Waals surface area contributed by atoms with Gasteiger partial charge < -0.3 is 14.8 Å². The highest BCUT2D eigenvalue weighted by Crippen LogP contribution is 2.38. The maximum absolute atomic E-state index is 6.27. The molecule has 1 aromatic heterocycles. The molecule has 1 aliphatic rings. The molecule has 0 radical (unpaired) electrons. The van der Waals surface area contributed by atoms with Crippen molar-refractivity contribution in [2.24, 2.45) is 0 Å². The minimum atomic E-state index is 0.581. The number of rotatable bonds is 4. The Morgan fingerprint density at radius 2 is 2.19 bits per heavy atom. The summed E-state index contributed by atoms with van der Waals surface area (Å²) in [5, 5.41) is 4.65. The quantitative estimate of drug-likeness (QED) is 0.932. The summed E-state index contributed by atoms with van der Waals surface area (Å²) in [6, 6.07) is 3.85. The highest BCUT2D eigenvalue weighted by Gasteiger charge is 2.15. The zero-order valence-electron chi connectivity index (χ0n) is 11.7. The van der Waals surface area contributed by atoms with Crippen LogP contribution in [0.25, 0.3) is 0 Å². The Labute approximate surface area is 132 Å². The first-order valence-corrected chi connectivity index (χ1v) is 8.06. The Kier molecular flexibility index (Phi) is 4.45. The molecule has 0 amide bonds. The van der Waals surface area contributed by atoms with Gasteiger partial charge in [0.2, 0.25) is 5.13 Å². The molecular weight excluding hydrogens is 310 g/mol. The third kappa shape index (κ3) is 3.39. The van der Waals surface area contributed by atoms with Crippen LogP contribution in [0.3, 0.4) is 0 Å². The molecule has 1 aliphatic heterocycles. The Bertz CT molecular complexity index is 633. The van der Waals surface area contributed by atoms with E-state index in [0.29, 0.717) is 36.3 Å². The lowest BCUT2D eigenvalue weighted by Gasteiger charge is -2.11. The number of hydrogen-bond acceptors (Lipinski definition) is 6. The average Bonchev–Trinajstić information content (AvgIpc) is 2.82. The Hall–Kier alpha value is -1.53. The molecule has 7 heteroatoms. The van der Waals surface area contributed by atoms with Crippen molar-refractivity contribution < 1.29 is 9.47 Å². The van der Waals surface area contributed by atoms with Crippen LogP contribution in [0.2, 0.25) is 5.02 Å². The maximum atomic E-state index is 6.27. The fourth-order valence-electron chi connectivity index (χ4n) is 2.03. The van der Waals surface area contributed by atoms with Gasteiger partial charge in [0.05, 0.1) is 18.2 Å². The number of ether oxygens (including phenoxy) is 2. The molecule has 0 fully saturated rings. The summed E-state index contributed by atoms with van der Waals surface area (Å²) < 4.78 is 15.5. The van der Waals surface area contributed by atoms with Crippen molar-refractivity contribution >= 4 is 28.3 Å². The predicted molar refractivity (Wildman–Crippen MR) is 83.7 cm³/mol. The fraction of sp³-hybridized carbons (Fsp3) is 0.429. The Balaban J connectivity index is 1.73. The first kappa shape index (κ1) is 14.4. The van der Waals surface area contributed by atoms with Gasteiger partial charge in [-0.2, -0.15) is 4.37 Å². The molecule has 1 aromatic carbocycles. The number of nitrogens with zero attached hydrogens (tertiary/aromatic N) is 2. The van der Waals surface area contributed by atoms with Crippen LogP contribution in [-0.2, 0) is 13.0 Å². The largest absolute Gasteiger partial charge is 0.489 e. The molecule has 0 atom stereocenters. The summed E-state index contributed by atoms with van der Waals surface area (Å²) in [6.07, 6.45) is 1.71. The van der Waals surface area contributed by atoms with E-state index in [4.69, 9.17) is 21.1 Å². The standard InChI is InChI=1S/C14H16ClN3O2S/c1-2-12-17-14(21-18-12)16-8-9-6-10(15)13-11(7-9)19-4-3-5-20-13/h6-7H,2-5,8H2,1H3,(H,16,17,18). The summed E-state index contributed by atoms with van der Waals surface area (Å²) >= 11 is 7.64. The lowest BCUT2D eigenvalue weighted by molar-refractivity contribution is 0.297. The second-order valence-corrected chi connectivity index (χ2v) is 5.84. The van der Waals surface area contributed by atoms with Crippen LogP contribution in [0.1, 0.15) is 24.7 Å². The minimum Gasteiger partial charge on any atom is -0.489 e. The van der Waals surface area contributed by atoms with Gasteiger partial charge in [0.1, 0.15) is 5.82 Å². The number of nitrogens with one attached hydrogen (secondary N) is 1. The van der Waals surface area contributed by atoms with Crippen LogP contribution in [0, 0.1) is 0 Å². The molecule has 1 N–H and O–H groups in total. The van der Waals surface area contributed by atoms with Gasteiger partial charge in [-0.1, -0.05) is 18.5 Å². The van der Waals surface area contributed by atoms with Crippen LogP contribution in [0.4, 0.5) is 5.13 Å². The Morgan fingerprint density at radius 1 is 1.33 bits per heavy atom. The van der Waals surface area contributed by atoms with Crippen molar-refractivity contribution in [2.45, 2.75) is 26.3 Å². The van der Waals surface area contributed by atoms with E-state index in [-0.39, 0.29) is 0 Å². The normalized spacial score (nSPS) is 13.8. The highest BCUT2D eigenvalue weighted by atomic mass is 35.5. The van der Waals surface area contributed by atoms with Gasteiger partial charge in [-0.25, -0.2) is 4.98 Å². The van der Waals surface area contributed by atoms with E-state index in [1.165, 1.54) is 11.5 Å². The second-order valence-electron chi connectivity index (χ2n) is 4.68. The number of fused-ring (bicyclic) bond motifs is 1. The van der Waals surface area contributed by atoms with Gasteiger partial charge >= 0.3 is 0 Å². The fourth-order valence-corrected chi connectivity index (χ4v) is 2.97. The topological polar surface area (TPSA) is 56.3 Å². The highest BCUT2D eigenvalue weighted by molar-refractivity contribution is 7.09. The molecule has 21 heavy (non-hydrogen) atoms. The molecule has 0 unspecified atom stereocenters. The zero-order chi connectivity index (χ0) is 14.7. The smallest absolute Gasteiger partial charge is 0.202 e. The van der Waals surface area contributed by atoms with Crippen molar-refractivity contribution in [1.82, 2.24) is 9.36 Å². The van der Waals surface area contributed by atoms with Crippen molar-refractivity contribution in [1.29, 1.82) is 0 Å². The van der Waals surface area contributed by atoms with E-state index >= 15 is 0 Å². The SMILES string of the molecule is CCc1nsc(NCc2cc(Cl)c3c(c2)OCCCO3)n1. The molecule has 112 valence electrons. The van der Waals surface area contributed by atoms with E-state index in [2.05, 4.69) is 14.7 Å². The summed E-state index contributed by atoms with van der Waals surface area (Å²) in [5.41, 5.74) is 1.03. The average molecular weight is 326 g/mol. The molecule has 0 saturated heterocycles. The van der Waals surface area contributed by atoms with Crippen molar-refractivity contribution in [3.8, 4) is 11.5 Å². The molecule has 0 spiro atoms. The number of aryl methyl sites for hydroxylation is 1. The monoisotopic (exact) mass is 325 g/mol. The van der Waals surface area contributed by atoms with E-state index in [0.717, 1.165) is 29.4 Å². The maximum Gasteiger partial charge on any atom is 0.202 e.